The Morgan fingerprint density at radius 2 is 1.95 bits per heavy atom. The Kier molecular flexibility index (Phi) is 4.13. The molecule has 0 aliphatic rings. The maximum absolute atomic E-state index is 13.7. The number of nitrogens with zero attached hydrogens (tertiary/aromatic N) is 1. The average molecular weight is 313 g/mol. The second kappa shape index (κ2) is 5.84. The normalized spacial score (nSPS) is 10.2. The van der Waals surface area contributed by atoms with E-state index in [-0.39, 0.29) is 10.7 Å². The third kappa shape index (κ3) is 3.14. The van der Waals surface area contributed by atoms with Crippen LogP contribution in [0.4, 0.5) is 20.2 Å². The Morgan fingerprint density at radius 1 is 1.24 bits per heavy atom. The predicted octanol–water partition coefficient (Wildman–Crippen LogP) is 3.78. The van der Waals surface area contributed by atoms with Gasteiger partial charge >= 0.3 is 0 Å². The maximum atomic E-state index is 13.7. The molecule has 0 fully saturated rings. The van der Waals surface area contributed by atoms with Gasteiger partial charge in [-0.2, -0.15) is 0 Å². The fourth-order valence-electron chi connectivity index (χ4n) is 1.64. The molecular formula is C13H7ClF2N2O3. The smallest absolute Gasteiger partial charge is 0.282 e. The Morgan fingerprint density at radius 3 is 2.62 bits per heavy atom. The van der Waals surface area contributed by atoms with Gasteiger partial charge in [-0.3, -0.25) is 14.9 Å². The number of anilines is 1. The Bertz CT molecular complexity index is 737. The van der Waals surface area contributed by atoms with Gasteiger partial charge in [0, 0.05) is 6.07 Å². The van der Waals surface area contributed by atoms with Crippen molar-refractivity contribution in [1.82, 2.24) is 0 Å². The molecule has 0 unspecified atom stereocenters. The van der Waals surface area contributed by atoms with E-state index >= 15 is 0 Å². The van der Waals surface area contributed by atoms with E-state index in [1.165, 1.54) is 18.2 Å². The summed E-state index contributed by atoms with van der Waals surface area (Å²) >= 11 is 5.56. The second-order valence-electron chi connectivity index (χ2n) is 3.97. The lowest BCUT2D eigenvalue weighted by atomic mass is 10.1. The first-order valence-corrected chi connectivity index (χ1v) is 5.97. The van der Waals surface area contributed by atoms with Crippen molar-refractivity contribution in [2.45, 2.75) is 0 Å². The van der Waals surface area contributed by atoms with Gasteiger partial charge in [0.05, 0.1) is 15.6 Å². The summed E-state index contributed by atoms with van der Waals surface area (Å²) < 4.78 is 26.8. The molecule has 2 aromatic carbocycles. The molecule has 0 spiro atoms. The number of hydrogen-bond donors (Lipinski definition) is 1. The second-order valence-corrected chi connectivity index (χ2v) is 4.38. The van der Waals surface area contributed by atoms with Gasteiger partial charge in [0.1, 0.15) is 11.4 Å². The van der Waals surface area contributed by atoms with Gasteiger partial charge in [0.25, 0.3) is 11.6 Å². The fourth-order valence-corrected chi connectivity index (χ4v) is 1.81. The van der Waals surface area contributed by atoms with Gasteiger partial charge in [-0.15, -0.1) is 0 Å². The van der Waals surface area contributed by atoms with E-state index in [1.54, 1.807) is 0 Å². The number of carbonyl (C=O) groups is 1. The first-order chi connectivity index (χ1) is 9.90. The van der Waals surface area contributed by atoms with Gasteiger partial charge in [-0.25, -0.2) is 8.78 Å². The lowest BCUT2D eigenvalue weighted by Crippen LogP contribution is -2.15. The Labute approximate surface area is 122 Å². The van der Waals surface area contributed by atoms with Crippen LogP contribution in [0.5, 0.6) is 0 Å². The van der Waals surface area contributed by atoms with Crippen molar-refractivity contribution in [3.05, 3.63) is 68.7 Å². The largest absolute Gasteiger partial charge is 0.319 e. The molecule has 2 aromatic rings. The molecule has 1 amide bonds. The minimum Gasteiger partial charge on any atom is -0.319 e. The highest BCUT2D eigenvalue weighted by Crippen LogP contribution is 2.25. The lowest BCUT2D eigenvalue weighted by molar-refractivity contribution is -0.385. The highest BCUT2D eigenvalue weighted by molar-refractivity contribution is 6.31. The summed E-state index contributed by atoms with van der Waals surface area (Å²) in [6, 6.07) is 6.31. The zero-order valence-electron chi connectivity index (χ0n) is 10.3. The fraction of sp³-hybridized carbons (Fsp3) is 0. The van der Waals surface area contributed by atoms with E-state index in [9.17, 15) is 23.7 Å². The molecule has 0 saturated heterocycles. The summed E-state index contributed by atoms with van der Waals surface area (Å²) in [4.78, 5) is 22.0. The average Bonchev–Trinajstić information content (AvgIpc) is 2.43. The van der Waals surface area contributed by atoms with E-state index in [0.29, 0.717) is 6.07 Å². The number of carbonyl (C=O) groups excluding carboxylic acids is 1. The van der Waals surface area contributed by atoms with Crippen LogP contribution < -0.4 is 5.32 Å². The number of hydrogen-bond acceptors (Lipinski definition) is 3. The zero-order valence-corrected chi connectivity index (χ0v) is 11.0. The summed E-state index contributed by atoms with van der Waals surface area (Å²) in [6.07, 6.45) is 0. The van der Waals surface area contributed by atoms with Crippen LogP contribution >= 0.6 is 11.6 Å². The Hall–Kier alpha value is -2.54. The molecule has 5 nitrogen and oxygen atoms in total. The molecule has 0 aromatic heterocycles. The molecule has 0 saturated carbocycles. The molecule has 2 rings (SSSR count). The summed E-state index contributed by atoms with van der Waals surface area (Å²) in [6.45, 7) is 0. The number of nitro groups is 1. The van der Waals surface area contributed by atoms with Gasteiger partial charge in [-0.05, 0) is 24.3 Å². The van der Waals surface area contributed by atoms with Crippen molar-refractivity contribution < 1.29 is 18.5 Å². The molecule has 8 heteroatoms. The Balaban J connectivity index is 2.39. The molecule has 0 aliphatic heterocycles. The number of rotatable bonds is 3. The molecule has 0 radical (unpaired) electrons. The van der Waals surface area contributed by atoms with E-state index in [4.69, 9.17) is 11.6 Å². The molecule has 0 atom stereocenters. The van der Waals surface area contributed by atoms with Gasteiger partial charge < -0.3 is 5.32 Å². The molecule has 1 N–H and O–H groups in total. The lowest BCUT2D eigenvalue weighted by Gasteiger charge is -2.07. The van der Waals surface area contributed by atoms with Crippen molar-refractivity contribution in [3.8, 4) is 0 Å². The van der Waals surface area contributed by atoms with Crippen LogP contribution in [0.1, 0.15) is 10.4 Å². The van der Waals surface area contributed by atoms with Crippen LogP contribution in [0, 0.1) is 21.7 Å². The molecule has 0 heterocycles. The van der Waals surface area contributed by atoms with E-state index in [2.05, 4.69) is 5.32 Å². The minimum absolute atomic E-state index is 0.221. The summed E-state index contributed by atoms with van der Waals surface area (Å²) in [7, 11) is 0. The van der Waals surface area contributed by atoms with Crippen molar-refractivity contribution in [2.75, 3.05) is 5.32 Å². The summed E-state index contributed by atoms with van der Waals surface area (Å²) in [5.41, 5.74) is -1.36. The topological polar surface area (TPSA) is 72.2 Å². The van der Waals surface area contributed by atoms with Crippen molar-refractivity contribution in [1.29, 1.82) is 0 Å². The zero-order chi connectivity index (χ0) is 15.6. The monoisotopic (exact) mass is 312 g/mol. The van der Waals surface area contributed by atoms with Crippen LogP contribution in [0.15, 0.2) is 36.4 Å². The van der Waals surface area contributed by atoms with E-state index < -0.39 is 33.7 Å². The van der Waals surface area contributed by atoms with Crippen molar-refractivity contribution in [2.24, 2.45) is 0 Å². The van der Waals surface area contributed by atoms with Crippen molar-refractivity contribution in [3.63, 3.8) is 0 Å². The number of benzene rings is 2. The summed E-state index contributed by atoms with van der Waals surface area (Å²) in [5.74, 6) is -2.72. The van der Waals surface area contributed by atoms with Gasteiger partial charge in [-0.1, -0.05) is 17.7 Å². The summed E-state index contributed by atoms with van der Waals surface area (Å²) in [5, 5.41) is 12.7. The van der Waals surface area contributed by atoms with Gasteiger partial charge in [0.15, 0.2) is 5.82 Å². The van der Waals surface area contributed by atoms with Crippen LogP contribution in [0.3, 0.4) is 0 Å². The van der Waals surface area contributed by atoms with Gasteiger partial charge in [0.2, 0.25) is 0 Å². The number of amides is 1. The minimum atomic E-state index is -1.01. The van der Waals surface area contributed by atoms with Crippen LogP contribution in [0.2, 0.25) is 5.02 Å². The number of halogens is 3. The first kappa shape index (κ1) is 14.9. The predicted molar refractivity (Wildman–Crippen MR) is 72.4 cm³/mol. The standard InChI is InChI=1S/C13H7ClF2N2O3/c14-9-2-1-3-10(12(9)16)17-13(19)8-6-7(15)4-5-11(8)18(20)21/h1-6H,(H,17,19). The van der Waals surface area contributed by atoms with Crippen molar-refractivity contribution >= 4 is 28.9 Å². The molecule has 21 heavy (non-hydrogen) atoms. The number of nitrogens with one attached hydrogen (secondary N) is 1. The molecular weight excluding hydrogens is 306 g/mol. The highest BCUT2D eigenvalue weighted by atomic mass is 35.5. The molecule has 0 aliphatic carbocycles. The maximum Gasteiger partial charge on any atom is 0.282 e. The van der Waals surface area contributed by atoms with Crippen LogP contribution in [-0.4, -0.2) is 10.8 Å². The molecule has 0 bridgehead atoms. The van der Waals surface area contributed by atoms with Crippen LogP contribution in [-0.2, 0) is 0 Å². The van der Waals surface area contributed by atoms with E-state index in [0.717, 1.165) is 12.1 Å². The first-order valence-electron chi connectivity index (χ1n) is 5.59. The third-order valence-electron chi connectivity index (χ3n) is 2.60. The quantitative estimate of drug-likeness (QED) is 0.692. The van der Waals surface area contributed by atoms with Crippen LogP contribution in [0.25, 0.3) is 0 Å². The SMILES string of the molecule is O=C(Nc1cccc(Cl)c1F)c1cc(F)ccc1[N+](=O)[O-]. The highest BCUT2D eigenvalue weighted by Gasteiger charge is 2.22. The molecule has 108 valence electrons. The number of nitro benzene ring substituents is 1. The van der Waals surface area contributed by atoms with E-state index in [1.807, 2.05) is 0 Å². The third-order valence-corrected chi connectivity index (χ3v) is 2.89.